The van der Waals surface area contributed by atoms with E-state index in [1.54, 1.807) is 48.5 Å². The summed E-state index contributed by atoms with van der Waals surface area (Å²) in [5.41, 5.74) is 4.51. The van der Waals surface area contributed by atoms with E-state index in [-0.39, 0.29) is 25.0 Å². The maximum Gasteiger partial charge on any atom is 0.411 e. The quantitative estimate of drug-likeness (QED) is 0.206. The van der Waals surface area contributed by atoms with Gasteiger partial charge in [-0.25, -0.2) is 9.59 Å². The third-order valence-corrected chi connectivity index (χ3v) is 6.97. The van der Waals surface area contributed by atoms with E-state index in [4.69, 9.17) is 9.47 Å². The molecule has 224 valence electrons. The van der Waals surface area contributed by atoms with E-state index in [9.17, 15) is 19.2 Å². The number of benzene rings is 4. The van der Waals surface area contributed by atoms with Crippen molar-refractivity contribution >= 4 is 35.4 Å². The van der Waals surface area contributed by atoms with Crippen LogP contribution in [0.2, 0.25) is 0 Å². The summed E-state index contributed by atoms with van der Waals surface area (Å²) in [4.78, 5) is 49.9. The maximum atomic E-state index is 12.8. The zero-order chi connectivity index (χ0) is 30.7. The molecule has 10 nitrogen and oxygen atoms in total. The number of anilines is 2. The van der Waals surface area contributed by atoms with Crippen molar-refractivity contribution in [2.75, 3.05) is 10.6 Å². The molecule has 1 fully saturated rings. The second-order valence-corrected chi connectivity index (χ2v) is 10.3. The maximum absolute atomic E-state index is 12.8. The molecule has 0 aliphatic carbocycles. The van der Waals surface area contributed by atoms with Crippen LogP contribution in [0.15, 0.2) is 109 Å². The summed E-state index contributed by atoms with van der Waals surface area (Å²) in [5.74, 6) is -0.554. The molecule has 4 amide bonds. The molecule has 1 saturated heterocycles. The number of amides is 4. The van der Waals surface area contributed by atoms with Crippen LogP contribution in [0, 0.1) is 0 Å². The molecule has 4 aromatic carbocycles. The molecule has 1 aliphatic rings. The molecule has 1 aliphatic heterocycles. The summed E-state index contributed by atoms with van der Waals surface area (Å²) in [5, 5.41) is 11.0. The van der Waals surface area contributed by atoms with Gasteiger partial charge in [0.2, 0.25) is 11.8 Å². The lowest BCUT2D eigenvalue weighted by Gasteiger charge is -2.29. The summed E-state index contributed by atoms with van der Waals surface area (Å²) in [6, 6.07) is 31.3. The van der Waals surface area contributed by atoms with Gasteiger partial charge in [-0.2, -0.15) is 0 Å². The Morgan fingerprint density at radius 1 is 0.523 bits per heavy atom. The number of nitrogens with one attached hydrogen (secondary N) is 4. The van der Waals surface area contributed by atoms with Crippen LogP contribution in [0.1, 0.15) is 22.3 Å². The first-order chi connectivity index (χ1) is 21.4. The highest BCUT2D eigenvalue weighted by Crippen LogP contribution is 2.16. The first kappa shape index (κ1) is 29.8. The minimum atomic E-state index is -0.720. The van der Waals surface area contributed by atoms with Gasteiger partial charge in [-0.3, -0.25) is 20.2 Å². The lowest BCUT2D eigenvalue weighted by molar-refractivity contribution is -0.136. The smallest absolute Gasteiger partial charge is 0.411 e. The first-order valence-electron chi connectivity index (χ1n) is 14.2. The van der Waals surface area contributed by atoms with E-state index >= 15 is 0 Å². The zero-order valence-corrected chi connectivity index (χ0v) is 23.8. The van der Waals surface area contributed by atoms with Crippen molar-refractivity contribution in [3.8, 4) is 0 Å². The van der Waals surface area contributed by atoms with Crippen LogP contribution in [0.4, 0.5) is 21.0 Å². The fraction of sp³-hybridized carbons (Fsp3) is 0.176. The van der Waals surface area contributed by atoms with Crippen molar-refractivity contribution in [1.29, 1.82) is 0 Å². The second-order valence-electron chi connectivity index (χ2n) is 10.3. The molecule has 44 heavy (non-hydrogen) atoms. The molecular formula is C34H32N4O6. The molecule has 5 rings (SSSR count). The Morgan fingerprint density at radius 3 is 1.25 bits per heavy atom. The predicted molar refractivity (Wildman–Crippen MR) is 165 cm³/mol. The molecule has 2 atom stereocenters. The highest BCUT2D eigenvalue weighted by atomic mass is 16.6. The van der Waals surface area contributed by atoms with E-state index in [0.29, 0.717) is 24.2 Å². The van der Waals surface area contributed by atoms with Gasteiger partial charge >= 0.3 is 12.2 Å². The summed E-state index contributed by atoms with van der Waals surface area (Å²) < 4.78 is 10.5. The topological polar surface area (TPSA) is 135 Å². The van der Waals surface area contributed by atoms with Gasteiger partial charge in [-0.15, -0.1) is 0 Å². The molecule has 0 radical (unpaired) electrons. The third-order valence-electron chi connectivity index (χ3n) is 6.97. The van der Waals surface area contributed by atoms with Crippen LogP contribution >= 0.6 is 0 Å². The number of hydrogen-bond acceptors (Lipinski definition) is 6. The van der Waals surface area contributed by atoms with Crippen molar-refractivity contribution in [2.24, 2.45) is 0 Å². The zero-order valence-electron chi connectivity index (χ0n) is 23.8. The van der Waals surface area contributed by atoms with Crippen LogP contribution in [-0.4, -0.2) is 36.1 Å². The Kier molecular flexibility index (Phi) is 9.83. The van der Waals surface area contributed by atoms with Gasteiger partial charge in [0.05, 0.1) is 0 Å². The average Bonchev–Trinajstić information content (AvgIpc) is 3.04. The summed E-state index contributed by atoms with van der Waals surface area (Å²) in [6.07, 6.45) is -0.550. The number of carbonyl (C=O) groups is 4. The fourth-order valence-corrected chi connectivity index (χ4v) is 4.64. The highest BCUT2D eigenvalue weighted by Gasteiger charge is 2.33. The molecule has 0 saturated carbocycles. The molecule has 0 spiro atoms. The van der Waals surface area contributed by atoms with Crippen LogP contribution in [0.5, 0.6) is 0 Å². The number of piperazine rings is 1. The van der Waals surface area contributed by atoms with Gasteiger partial charge in [-0.05, 0) is 46.5 Å². The highest BCUT2D eigenvalue weighted by molar-refractivity contribution is 5.97. The van der Waals surface area contributed by atoms with Gasteiger partial charge < -0.3 is 20.1 Å². The van der Waals surface area contributed by atoms with Crippen LogP contribution in [-0.2, 0) is 45.1 Å². The lowest BCUT2D eigenvalue weighted by Crippen LogP contribution is -2.62. The largest absolute Gasteiger partial charge is 0.444 e. The molecule has 10 heteroatoms. The van der Waals surface area contributed by atoms with Crippen LogP contribution in [0.25, 0.3) is 0 Å². The third kappa shape index (κ3) is 8.68. The van der Waals surface area contributed by atoms with Crippen LogP contribution < -0.4 is 21.3 Å². The summed E-state index contributed by atoms with van der Waals surface area (Å²) in [7, 11) is 0. The number of rotatable bonds is 10. The van der Waals surface area contributed by atoms with Crippen LogP contribution in [0.3, 0.4) is 0 Å². The molecule has 1 heterocycles. The fourth-order valence-electron chi connectivity index (χ4n) is 4.64. The minimum absolute atomic E-state index is 0.163. The minimum Gasteiger partial charge on any atom is -0.444 e. The standard InChI is InChI=1S/C34H32N4O6/c39-31-29(19-23-11-15-27(16-12-23)35-33(41)43-21-25-7-3-1-4-8-25)37-32(40)30(38-31)20-24-13-17-28(18-14-24)36-34(42)44-22-26-9-5-2-6-10-26/h1-18,29-30H,19-22H2,(H,35,41)(H,36,42)(H,37,40)(H,38,39). The number of hydrogen-bond donors (Lipinski definition) is 4. The molecule has 4 N–H and O–H groups in total. The molecule has 4 aromatic rings. The Balaban J connectivity index is 1.05. The number of ether oxygens (including phenoxy) is 2. The monoisotopic (exact) mass is 592 g/mol. The Morgan fingerprint density at radius 2 is 0.886 bits per heavy atom. The predicted octanol–water partition coefficient (Wildman–Crippen LogP) is 4.95. The molecule has 2 unspecified atom stereocenters. The van der Waals surface area contributed by atoms with E-state index in [1.807, 2.05) is 60.7 Å². The van der Waals surface area contributed by atoms with Crippen molar-refractivity contribution in [1.82, 2.24) is 10.6 Å². The second kappa shape index (κ2) is 14.5. The Hall–Kier alpha value is -5.64. The van der Waals surface area contributed by atoms with Crippen molar-refractivity contribution in [3.63, 3.8) is 0 Å². The van der Waals surface area contributed by atoms with E-state index in [0.717, 1.165) is 22.3 Å². The molecule has 0 bridgehead atoms. The van der Waals surface area contributed by atoms with Gasteiger partial charge in [0.1, 0.15) is 25.3 Å². The molecule has 0 aromatic heterocycles. The normalized spacial score (nSPS) is 15.8. The number of carbonyl (C=O) groups excluding carboxylic acids is 4. The van der Waals surface area contributed by atoms with E-state index < -0.39 is 24.3 Å². The lowest BCUT2D eigenvalue weighted by atomic mass is 9.98. The Labute approximate surface area is 254 Å². The van der Waals surface area contributed by atoms with Crippen molar-refractivity contribution < 1.29 is 28.7 Å². The summed E-state index contributed by atoms with van der Waals surface area (Å²) in [6.45, 7) is 0.327. The van der Waals surface area contributed by atoms with E-state index in [1.165, 1.54) is 0 Å². The van der Waals surface area contributed by atoms with Crippen molar-refractivity contribution in [2.45, 2.75) is 38.1 Å². The summed E-state index contributed by atoms with van der Waals surface area (Å²) >= 11 is 0. The van der Waals surface area contributed by atoms with Gasteiger partial charge in [0.15, 0.2) is 0 Å². The average molecular weight is 593 g/mol. The Bertz CT molecular complexity index is 1460. The van der Waals surface area contributed by atoms with Gasteiger partial charge in [0.25, 0.3) is 0 Å². The molecular weight excluding hydrogens is 560 g/mol. The van der Waals surface area contributed by atoms with Gasteiger partial charge in [-0.1, -0.05) is 84.9 Å². The van der Waals surface area contributed by atoms with Gasteiger partial charge in [0, 0.05) is 24.2 Å². The SMILES string of the molecule is O=C(Nc1ccc(CC2NC(=O)C(Cc3ccc(NC(=O)OCc4ccccc4)cc3)NC2=O)cc1)OCc1ccccc1. The van der Waals surface area contributed by atoms with Crippen molar-refractivity contribution in [3.05, 3.63) is 131 Å². The van der Waals surface area contributed by atoms with E-state index in [2.05, 4.69) is 21.3 Å². The first-order valence-corrected chi connectivity index (χ1v) is 14.2.